The first-order chi connectivity index (χ1) is 21.6. The van der Waals surface area contributed by atoms with Crippen LogP contribution in [-0.2, 0) is 13.6 Å². The van der Waals surface area contributed by atoms with E-state index in [1.54, 1.807) is 23.1 Å². The number of rotatable bonds is 18. The normalized spacial score (nSPS) is 17.8. The minimum Gasteiger partial charge on any atom is -0.481 e. The third-order valence-electron chi connectivity index (χ3n) is 10.2. The van der Waals surface area contributed by atoms with E-state index in [1.165, 1.54) is 5.57 Å². The van der Waals surface area contributed by atoms with E-state index in [4.69, 9.17) is 8.85 Å². The van der Waals surface area contributed by atoms with Gasteiger partial charge in [-0.3, -0.25) is 4.79 Å². The zero-order valence-corrected chi connectivity index (χ0v) is 36.9. The second kappa shape index (κ2) is 18.0. The third kappa shape index (κ3) is 14.3. The Kier molecular flexibility index (Phi) is 16.8. The fourth-order valence-electron chi connectivity index (χ4n) is 4.83. The minimum atomic E-state index is -2.21. The molecule has 5 atom stereocenters. The van der Waals surface area contributed by atoms with Crippen LogP contribution < -0.4 is 0 Å². The van der Waals surface area contributed by atoms with Crippen LogP contribution in [0, 0.1) is 12.8 Å². The molecule has 1 rings (SSSR count). The Balaban J connectivity index is 3.20. The Morgan fingerprint density at radius 1 is 1.00 bits per heavy atom. The number of aliphatic carboxylic acids is 1. The summed E-state index contributed by atoms with van der Waals surface area (Å²) in [6.45, 7) is 37.2. The number of aliphatic hydroxyl groups excluding tert-OH is 1. The maximum Gasteiger partial charge on any atom is 0.305 e. The van der Waals surface area contributed by atoms with Crippen molar-refractivity contribution in [1.82, 2.24) is 4.98 Å². The van der Waals surface area contributed by atoms with Crippen LogP contribution in [0.4, 0.5) is 0 Å². The van der Waals surface area contributed by atoms with Gasteiger partial charge < -0.3 is 19.1 Å². The molecule has 1 aromatic rings. The molecule has 0 fully saturated rings. The first-order valence-corrected chi connectivity index (χ1v) is 25.0. The van der Waals surface area contributed by atoms with Crippen LogP contribution >= 0.6 is 23.1 Å². The van der Waals surface area contributed by atoms with Crippen molar-refractivity contribution in [3.63, 3.8) is 0 Å². The van der Waals surface area contributed by atoms with Crippen molar-refractivity contribution in [3.8, 4) is 0 Å². The highest BCUT2D eigenvalue weighted by molar-refractivity contribution is 8.01. The molecule has 0 amide bonds. The Labute approximate surface area is 304 Å². The molecule has 2 N–H and O–H groups in total. The van der Waals surface area contributed by atoms with Gasteiger partial charge in [-0.15, -0.1) is 23.1 Å². The number of aryl methyl sites for hydroxylation is 1. The van der Waals surface area contributed by atoms with Gasteiger partial charge in [0.15, 0.2) is 16.6 Å². The van der Waals surface area contributed by atoms with Gasteiger partial charge in [-0.25, -0.2) is 4.98 Å². The number of allylic oxidation sites excluding steroid dienone is 2. The average molecular weight is 740 g/mol. The second-order valence-electron chi connectivity index (χ2n) is 17.2. The molecule has 0 radical (unpaired) electrons. The fourth-order valence-corrected chi connectivity index (χ4v) is 10.2. The lowest BCUT2D eigenvalue weighted by molar-refractivity contribution is -0.139. The van der Waals surface area contributed by atoms with Crippen molar-refractivity contribution in [1.29, 1.82) is 0 Å². The summed E-state index contributed by atoms with van der Waals surface area (Å²) >= 11 is 3.41. The summed E-state index contributed by atoms with van der Waals surface area (Å²) in [6, 6.07) is 0. The van der Waals surface area contributed by atoms with Crippen molar-refractivity contribution in [2.75, 3.05) is 0 Å². The standard InChI is InChI=1S/C38H69NO5S2Si2/c1-26(21-22-32(40)28(3)23-31-25-45-30(5)39-31)19-18-20-27(2)35(44-48(16,17)37(9,10)11)29(4)46-38(12,13)33(24-34(41)42)43-47(14,15)36(6,7)8/h18,20-21,23,25,27,29,32-33,35,40H,19,22,24H2,1-17H3,(H,41,42)/t27-,29+,32-,33-,35-/m0/s1. The summed E-state index contributed by atoms with van der Waals surface area (Å²) in [5, 5.41) is 23.8. The molecule has 276 valence electrons. The van der Waals surface area contributed by atoms with E-state index in [0.29, 0.717) is 6.42 Å². The van der Waals surface area contributed by atoms with Crippen LogP contribution in [-0.4, -0.2) is 66.1 Å². The molecular weight excluding hydrogens is 671 g/mol. The number of thiazole rings is 1. The SMILES string of the molecule is CC(=CC[C@H](O)C(C)=Cc1csc(C)n1)CC=C[C@H](C)[C@H](O[Si](C)(C)C(C)(C)C)[C@@H](C)SC(C)(C)[C@H](CC(=O)O)O[Si](C)(C)C(C)(C)C. The van der Waals surface area contributed by atoms with Gasteiger partial charge >= 0.3 is 5.97 Å². The molecule has 1 heterocycles. The Bertz CT molecular complexity index is 1270. The molecule has 0 aliphatic rings. The quantitative estimate of drug-likeness (QED) is 0.114. The Morgan fingerprint density at radius 2 is 1.54 bits per heavy atom. The Morgan fingerprint density at radius 3 is 2.02 bits per heavy atom. The van der Waals surface area contributed by atoms with Gasteiger partial charge in [0.25, 0.3) is 0 Å². The van der Waals surface area contributed by atoms with E-state index in [0.717, 1.165) is 22.7 Å². The number of carboxylic acid groups (broad SMARTS) is 1. The fraction of sp³-hybridized carbons (Fsp3) is 0.737. The lowest BCUT2D eigenvalue weighted by Gasteiger charge is -2.46. The van der Waals surface area contributed by atoms with E-state index in [2.05, 4.69) is 126 Å². The van der Waals surface area contributed by atoms with Crippen LogP contribution in [0.2, 0.25) is 36.3 Å². The van der Waals surface area contributed by atoms with Crippen molar-refractivity contribution in [2.45, 2.75) is 174 Å². The highest BCUT2D eigenvalue weighted by Gasteiger charge is 2.46. The minimum absolute atomic E-state index is 0.0234. The summed E-state index contributed by atoms with van der Waals surface area (Å²) in [4.78, 5) is 16.5. The number of carbonyl (C=O) groups is 1. The van der Waals surface area contributed by atoms with Gasteiger partial charge in [0.2, 0.25) is 0 Å². The van der Waals surface area contributed by atoms with Gasteiger partial charge in [-0.1, -0.05) is 79.2 Å². The second-order valence-corrected chi connectivity index (χ2v) is 29.8. The molecule has 0 unspecified atom stereocenters. The molecule has 0 aliphatic carbocycles. The summed E-state index contributed by atoms with van der Waals surface area (Å²) in [5.41, 5.74) is 3.02. The van der Waals surface area contributed by atoms with Crippen molar-refractivity contribution in [2.24, 2.45) is 5.92 Å². The molecule has 48 heavy (non-hydrogen) atoms. The highest BCUT2D eigenvalue weighted by Crippen LogP contribution is 2.45. The molecule has 6 nitrogen and oxygen atoms in total. The van der Waals surface area contributed by atoms with E-state index in [-0.39, 0.29) is 33.8 Å². The molecule has 0 aromatic carbocycles. The number of hydrogen-bond donors (Lipinski definition) is 2. The van der Waals surface area contributed by atoms with Gasteiger partial charge in [0, 0.05) is 21.3 Å². The third-order valence-corrected chi connectivity index (χ3v) is 21.5. The number of aromatic nitrogens is 1. The predicted molar refractivity (Wildman–Crippen MR) is 215 cm³/mol. The van der Waals surface area contributed by atoms with Gasteiger partial charge in [0.1, 0.15) is 0 Å². The largest absolute Gasteiger partial charge is 0.481 e. The predicted octanol–water partition coefficient (Wildman–Crippen LogP) is 11.3. The van der Waals surface area contributed by atoms with E-state index in [1.807, 2.05) is 25.3 Å². The van der Waals surface area contributed by atoms with E-state index in [9.17, 15) is 15.0 Å². The van der Waals surface area contributed by atoms with Crippen LogP contribution in [0.5, 0.6) is 0 Å². The molecule has 0 saturated carbocycles. The Hall–Kier alpha value is -1.02. The lowest BCUT2D eigenvalue weighted by Crippen LogP contribution is -2.52. The lowest BCUT2D eigenvalue weighted by atomic mass is 10.00. The molecule has 1 aromatic heterocycles. The average Bonchev–Trinajstić information content (AvgIpc) is 3.31. The van der Waals surface area contributed by atoms with Crippen molar-refractivity contribution in [3.05, 3.63) is 45.5 Å². The van der Waals surface area contributed by atoms with Crippen LogP contribution in [0.1, 0.15) is 113 Å². The smallest absolute Gasteiger partial charge is 0.305 e. The van der Waals surface area contributed by atoms with Gasteiger partial charge in [0.05, 0.1) is 35.4 Å². The van der Waals surface area contributed by atoms with Crippen molar-refractivity contribution >= 4 is 51.8 Å². The molecular formula is C38H69NO5S2Si2. The first-order valence-electron chi connectivity index (χ1n) is 17.5. The molecule has 10 heteroatoms. The van der Waals surface area contributed by atoms with Crippen molar-refractivity contribution < 1.29 is 23.9 Å². The molecule has 0 aliphatic heterocycles. The molecule has 0 spiro atoms. The van der Waals surface area contributed by atoms with Crippen LogP contribution in [0.15, 0.2) is 34.8 Å². The number of carboxylic acids is 1. The topological polar surface area (TPSA) is 88.9 Å². The monoisotopic (exact) mass is 739 g/mol. The highest BCUT2D eigenvalue weighted by atomic mass is 32.2. The summed E-state index contributed by atoms with van der Waals surface area (Å²) < 4.78 is 13.5. The van der Waals surface area contributed by atoms with E-state index >= 15 is 0 Å². The number of hydrogen-bond acceptors (Lipinski definition) is 7. The van der Waals surface area contributed by atoms with Crippen LogP contribution in [0.3, 0.4) is 0 Å². The summed E-state index contributed by atoms with van der Waals surface area (Å²) in [7, 11) is -4.34. The summed E-state index contributed by atoms with van der Waals surface area (Å²) in [6.07, 6.45) is 8.90. The first kappa shape index (κ1) is 45.0. The maximum absolute atomic E-state index is 12.1. The molecule has 0 saturated heterocycles. The van der Waals surface area contributed by atoms with Gasteiger partial charge in [-0.05, 0) is 95.4 Å². The summed E-state index contributed by atoms with van der Waals surface area (Å²) in [5.74, 6) is -0.691. The number of aliphatic hydroxyl groups is 1. The number of nitrogens with zero attached hydrogens (tertiary/aromatic N) is 1. The maximum atomic E-state index is 12.1. The zero-order chi connectivity index (χ0) is 37.5. The molecule has 0 bridgehead atoms. The van der Waals surface area contributed by atoms with Crippen LogP contribution in [0.25, 0.3) is 6.08 Å². The van der Waals surface area contributed by atoms with E-state index < -0.39 is 39.6 Å². The number of thioether (sulfide) groups is 1. The zero-order valence-electron chi connectivity index (χ0n) is 33.3. The van der Waals surface area contributed by atoms with Gasteiger partial charge in [-0.2, -0.15) is 0 Å².